The van der Waals surface area contributed by atoms with Crippen molar-refractivity contribution in [3.05, 3.63) is 23.8 Å². The highest BCUT2D eigenvalue weighted by Gasteiger charge is 2.11. The van der Waals surface area contributed by atoms with Gasteiger partial charge in [0.05, 0.1) is 30.7 Å². The van der Waals surface area contributed by atoms with Crippen LogP contribution >= 0.6 is 0 Å². The zero-order valence-corrected chi connectivity index (χ0v) is 10.4. The van der Waals surface area contributed by atoms with E-state index in [4.69, 9.17) is 10.5 Å². The average Bonchev–Trinajstić information content (AvgIpc) is 2.35. The smallest absolute Gasteiger partial charge is 0.337 e. The summed E-state index contributed by atoms with van der Waals surface area (Å²) in [5.74, 6) is -0.369. The Morgan fingerprint density at radius 1 is 1.41 bits per heavy atom. The maximum atomic E-state index is 11.4. The number of esters is 1. The summed E-state index contributed by atoms with van der Waals surface area (Å²) in [7, 11) is 4.89. The molecule has 1 rings (SSSR count). The number of hydrogen-bond donors (Lipinski definition) is 1. The number of hydrogen-bond acceptors (Lipinski definition) is 5. The van der Waals surface area contributed by atoms with Crippen LogP contribution in [0.1, 0.15) is 10.4 Å². The van der Waals surface area contributed by atoms with Crippen molar-refractivity contribution in [3.8, 4) is 0 Å². The van der Waals surface area contributed by atoms with Gasteiger partial charge in [0.2, 0.25) is 0 Å². The number of nitrogens with zero attached hydrogens (tertiary/aromatic N) is 1. The van der Waals surface area contributed by atoms with Gasteiger partial charge >= 0.3 is 5.97 Å². The lowest BCUT2D eigenvalue weighted by molar-refractivity contribution is 0.0601. The minimum Gasteiger partial charge on any atom is -0.465 e. The van der Waals surface area contributed by atoms with E-state index in [2.05, 4.69) is 4.74 Å². The van der Waals surface area contributed by atoms with Gasteiger partial charge in [-0.05, 0) is 18.2 Å². The second kappa shape index (κ2) is 6.10. The molecule has 0 saturated carbocycles. The third-order valence-corrected chi connectivity index (χ3v) is 2.49. The van der Waals surface area contributed by atoms with E-state index >= 15 is 0 Å². The number of nitrogen functional groups attached to an aromatic ring is 1. The van der Waals surface area contributed by atoms with Gasteiger partial charge in [-0.1, -0.05) is 0 Å². The molecule has 0 heterocycles. The first-order chi connectivity index (χ1) is 8.10. The quantitative estimate of drug-likeness (QED) is 0.615. The first-order valence-electron chi connectivity index (χ1n) is 5.28. The molecule has 0 unspecified atom stereocenters. The Kier molecular flexibility index (Phi) is 4.78. The zero-order valence-electron chi connectivity index (χ0n) is 10.4. The monoisotopic (exact) mass is 238 g/mol. The molecule has 5 nitrogen and oxygen atoms in total. The molecule has 0 aliphatic heterocycles. The van der Waals surface area contributed by atoms with Gasteiger partial charge in [0, 0.05) is 20.7 Å². The summed E-state index contributed by atoms with van der Waals surface area (Å²) >= 11 is 0. The molecule has 94 valence electrons. The molecule has 0 fully saturated rings. The van der Waals surface area contributed by atoms with Crippen LogP contribution in [-0.4, -0.2) is 40.4 Å². The first kappa shape index (κ1) is 13.3. The molecule has 0 aliphatic carbocycles. The van der Waals surface area contributed by atoms with E-state index < -0.39 is 0 Å². The number of benzene rings is 1. The Hall–Kier alpha value is -1.75. The van der Waals surface area contributed by atoms with E-state index in [0.717, 1.165) is 5.69 Å². The fourth-order valence-electron chi connectivity index (χ4n) is 1.47. The molecule has 0 amide bonds. The number of anilines is 2. The summed E-state index contributed by atoms with van der Waals surface area (Å²) in [5, 5.41) is 0. The van der Waals surface area contributed by atoms with Gasteiger partial charge in [-0.15, -0.1) is 0 Å². The molecule has 1 aromatic carbocycles. The molecule has 1 aromatic rings. The molecule has 0 aliphatic rings. The van der Waals surface area contributed by atoms with E-state index in [1.54, 1.807) is 25.3 Å². The Labute approximate surface area is 101 Å². The lowest BCUT2D eigenvalue weighted by atomic mass is 10.1. The van der Waals surface area contributed by atoms with Crippen LogP contribution in [0.15, 0.2) is 18.2 Å². The highest BCUT2D eigenvalue weighted by atomic mass is 16.5. The predicted octanol–water partition coefficient (Wildman–Crippen LogP) is 1.14. The zero-order chi connectivity index (χ0) is 12.8. The minimum absolute atomic E-state index is 0.369. The number of ether oxygens (including phenoxy) is 2. The van der Waals surface area contributed by atoms with E-state index in [-0.39, 0.29) is 5.97 Å². The number of methoxy groups -OCH3 is 2. The van der Waals surface area contributed by atoms with Gasteiger partial charge in [0.25, 0.3) is 0 Å². The number of carbonyl (C=O) groups is 1. The van der Waals surface area contributed by atoms with Crippen LogP contribution in [0.25, 0.3) is 0 Å². The third-order valence-electron chi connectivity index (χ3n) is 2.49. The van der Waals surface area contributed by atoms with Crippen LogP contribution in [-0.2, 0) is 9.47 Å². The standard InChI is InChI=1S/C12H18N2O3/c1-14(6-7-16-2)11-8-9(12(15)17-3)4-5-10(11)13/h4-5,8H,6-7,13H2,1-3H3. The van der Waals surface area contributed by atoms with Crippen molar-refractivity contribution in [1.29, 1.82) is 0 Å². The Balaban J connectivity index is 2.93. The number of rotatable bonds is 5. The molecular weight excluding hydrogens is 220 g/mol. The number of likely N-dealkylation sites (N-methyl/N-ethyl adjacent to an activating group) is 1. The molecule has 0 spiro atoms. The summed E-state index contributed by atoms with van der Waals surface area (Å²) in [6.45, 7) is 1.30. The summed E-state index contributed by atoms with van der Waals surface area (Å²) in [4.78, 5) is 13.3. The molecule has 0 radical (unpaired) electrons. The maximum absolute atomic E-state index is 11.4. The Morgan fingerprint density at radius 2 is 2.12 bits per heavy atom. The SMILES string of the molecule is COCCN(C)c1cc(C(=O)OC)ccc1N. The van der Waals surface area contributed by atoms with Crippen LogP contribution in [0.2, 0.25) is 0 Å². The van der Waals surface area contributed by atoms with Crippen LogP contribution in [0.4, 0.5) is 11.4 Å². The van der Waals surface area contributed by atoms with Gasteiger partial charge in [-0.25, -0.2) is 4.79 Å². The van der Waals surface area contributed by atoms with E-state index in [0.29, 0.717) is 24.4 Å². The molecule has 0 bridgehead atoms. The van der Waals surface area contributed by atoms with E-state index in [1.165, 1.54) is 7.11 Å². The average molecular weight is 238 g/mol. The molecule has 5 heteroatoms. The van der Waals surface area contributed by atoms with Gasteiger partial charge in [0.1, 0.15) is 0 Å². The summed E-state index contributed by atoms with van der Waals surface area (Å²) in [6, 6.07) is 5.07. The van der Waals surface area contributed by atoms with Crippen molar-refractivity contribution in [1.82, 2.24) is 0 Å². The summed E-state index contributed by atoms with van der Waals surface area (Å²) < 4.78 is 9.67. The van der Waals surface area contributed by atoms with Crippen molar-refractivity contribution in [2.45, 2.75) is 0 Å². The second-order valence-electron chi connectivity index (χ2n) is 3.68. The van der Waals surface area contributed by atoms with Crippen molar-refractivity contribution in [3.63, 3.8) is 0 Å². The maximum Gasteiger partial charge on any atom is 0.337 e. The van der Waals surface area contributed by atoms with Gasteiger partial charge in [-0.3, -0.25) is 0 Å². The van der Waals surface area contributed by atoms with Crippen molar-refractivity contribution in [2.75, 3.05) is 45.1 Å². The van der Waals surface area contributed by atoms with E-state index in [9.17, 15) is 4.79 Å². The lowest BCUT2D eigenvalue weighted by Gasteiger charge is -2.21. The minimum atomic E-state index is -0.369. The number of carbonyl (C=O) groups excluding carboxylic acids is 1. The normalized spacial score (nSPS) is 10.1. The predicted molar refractivity (Wildman–Crippen MR) is 67.3 cm³/mol. The second-order valence-corrected chi connectivity index (χ2v) is 3.68. The van der Waals surface area contributed by atoms with Crippen LogP contribution < -0.4 is 10.6 Å². The molecule has 0 aromatic heterocycles. The largest absolute Gasteiger partial charge is 0.465 e. The fourth-order valence-corrected chi connectivity index (χ4v) is 1.47. The topological polar surface area (TPSA) is 64.8 Å². The fraction of sp³-hybridized carbons (Fsp3) is 0.417. The molecule has 2 N–H and O–H groups in total. The van der Waals surface area contributed by atoms with Gasteiger partial charge < -0.3 is 20.1 Å². The molecule has 17 heavy (non-hydrogen) atoms. The van der Waals surface area contributed by atoms with Crippen molar-refractivity contribution >= 4 is 17.3 Å². The number of nitrogens with two attached hydrogens (primary N) is 1. The van der Waals surface area contributed by atoms with Gasteiger partial charge in [0.15, 0.2) is 0 Å². The molecular formula is C12H18N2O3. The van der Waals surface area contributed by atoms with Crippen LogP contribution in [0.3, 0.4) is 0 Å². The Bertz CT molecular complexity index is 393. The van der Waals surface area contributed by atoms with Crippen LogP contribution in [0.5, 0.6) is 0 Å². The molecule has 0 saturated heterocycles. The highest BCUT2D eigenvalue weighted by Crippen LogP contribution is 2.23. The Morgan fingerprint density at radius 3 is 2.71 bits per heavy atom. The van der Waals surface area contributed by atoms with Crippen LogP contribution in [0, 0.1) is 0 Å². The highest BCUT2D eigenvalue weighted by molar-refractivity contribution is 5.92. The third kappa shape index (κ3) is 3.35. The summed E-state index contributed by atoms with van der Waals surface area (Å²) in [5.41, 5.74) is 7.77. The lowest BCUT2D eigenvalue weighted by Crippen LogP contribution is -2.23. The molecule has 0 atom stereocenters. The first-order valence-corrected chi connectivity index (χ1v) is 5.28. The van der Waals surface area contributed by atoms with Crippen molar-refractivity contribution in [2.24, 2.45) is 0 Å². The van der Waals surface area contributed by atoms with Gasteiger partial charge in [-0.2, -0.15) is 0 Å². The van der Waals surface area contributed by atoms with Crippen molar-refractivity contribution < 1.29 is 14.3 Å². The van der Waals surface area contributed by atoms with E-state index in [1.807, 2.05) is 11.9 Å². The summed E-state index contributed by atoms with van der Waals surface area (Å²) in [6.07, 6.45) is 0.